The molecule has 2 nitrogen and oxygen atoms in total. The van der Waals surface area contributed by atoms with Crippen LogP contribution in [-0.4, -0.2) is 5.71 Å². The number of hydrogen-bond donors (Lipinski definition) is 2. The number of allylic oxidation sites excluding steroid dienone is 1. The topological polar surface area (TPSA) is 35.9 Å². The summed E-state index contributed by atoms with van der Waals surface area (Å²) in [6, 6.07) is 8.10. The largest absolute Gasteiger partial charge is 0.361 e. The van der Waals surface area contributed by atoms with E-state index in [-0.39, 0.29) is 5.41 Å². The molecule has 0 fully saturated rings. The van der Waals surface area contributed by atoms with E-state index in [2.05, 4.69) is 18.3 Å². The van der Waals surface area contributed by atoms with Gasteiger partial charge in [0, 0.05) is 23.0 Å². The number of rotatable bonds is 3. The first-order valence-electron chi connectivity index (χ1n) is 5.49. The van der Waals surface area contributed by atoms with Crippen molar-refractivity contribution in [3.63, 3.8) is 0 Å². The fourth-order valence-electron chi connectivity index (χ4n) is 1.20. The summed E-state index contributed by atoms with van der Waals surface area (Å²) in [6.07, 6.45) is 3.64. The molecule has 0 spiro atoms. The third-order valence-corrected chi connectivity index (χ3v) is 2.44. The quantitative estimate of drug-likeness (QED) is 0.736. The molecule has 0 aliphatic heterocycles. The minimum Gasteiger partial charge on any atom is -0.361 e. The summed E-state index contributed by atoms with van der Waals surface area (Å²) < 4.78 is 0. The standard InChI is InChI=1S/C14H20N2/c1-11-7-5-6-8-12(11)16-10-9-13(15)14(2,3)4/h5-10,15-16H,1-4H3/b10-9-,15-13?. The Hall–Kier alpha value is -1.57. The molecule has 2 N–H and O–H groups in total. The first kappa shape index (κ1) is 12.5. The second-order valence-electron chi connectivity index (χ2n) is 4.96. The van der Waals surface area contributed by atoms with Crippen LogP contribution < -0.4 is 5.32 Å². The summed E-state index contributed by atoms with van der Waals surface area (Å²) in [5.74, 6) is 0. The van der Waals surface area contributed by atoms with Crippen molar-refractivity contribution in [2.24, 2.45) is 5.41 Å². The van der Waals surface area contributed by atoms with Gasteiger partial charge in [-0.05, 0) is 24.6 Å². The van der Waals surface area contributed by atoms with Gasteiger partial charge in [-0.3, -0.25) is 0 Å². The summed E-state index contributed by atoms with van der Waals surface area (Å²) in [5.41, 5.74) is 2.81. The summed E-state index contributed by atoms with van der Waals surface area (Å²) in [6.45, 7) is 8.17. The predicted octanol–water partition coefficient (Wildman–Crippen LogP) is 3.99. The first-order valence-corrected chi connectivity index (χ1v) is 5.49. The SMILES string of the molecule is Cc1ccccc1N/C=C\C(=N)C(C)(C)C. The van der Waals surface area contributed by atoms with E-state index < -0.39 is 0 Å². The molecule has 0 heterocycles. The Kier molecular flexibility index (Phi) is 3.88. The third-order valence-electron chi connectivity index (χ3n) is 2.44. The summed E-state index contributed by atoms with van der Waals surface area (Å²) in [7, 11) is 0. The Morgan fingerprint density at radius 3 is 2.44 bits per heavy atom. The minimum absolute atomic E-state index is 0.0933. The van der Waals surface area contributed by atoms with Gasteiger partial charge in [0.25, 0.3) is 0 Å². The molecule has 0 saturated carbocycles. The second kappa shape index (κ2) is 4.97. The molecule has 0 amide bonds. The minimum atomic E-state index is -0.0933. The lowest BCUT2D eigenvalue weighted by Gasteiger charge is -2.16. The Morgan fingerprint density at radius 1 is 1.25 bits per heavy atom. The number of benzene rings is 1. The average molecular weight is 216 g/mol. The van der Waals surface area contributed by atoms with Gasteiger partial charge in [0.05, 0.1) is 0 Å². The average Bonchev–Trinajstić information content (AvgIpc) is 2.19. The maximum Gasteiger partial charge on any atom is 0.0409 e. The monoisotopic (exact) mass is 216 g/mol. The van der Waals surface area contributed by atoms with Gasteiger partial charge in [0.2, 0.25) is 0 Å². The number of hydrogen-bond acceptors (Lipinski definition) is 2. The summed E-state index contributed by atoms with van der Waals surface area (Å²) in [5, 5.41) is 11.0. The first-order chi connectivity index (χ1) is 7.41. The molecule has 0 aliphatic carbocycles. The van der Waals surface area contributed by atoms with Gasteiger partial charge in [-0.25, -0.2) is 0 Å². The van der Waals surface area contributed by atoms with Gasteiger partial charge in [0.15, 0.2) is 0 Å². The van der Waals surface area contributed by atoms with Crippen LogP contribution >= 0.6 is 0 Å². The van der Waals surface area contributed by atoms with Crippen LogP contribution in [0.15, 0.2) is 36.5 Å². The predicted molar refractivity (Wildman–Crippen MR) is 71.1 cm³/mol. The van der Waals surface area contributed by atoms with Crippen LogP contribution in [0.4, 0.5) is 5.69 Å². The molecule has 86 valence electrons. The van der Waals surface area contributed by atoms with Crippen LogP contribution in [0.25, 0.3) is 0 Å². The third kappa shape index (κ3) is 3.54. The number of para-hydroxylation sites is 1. The van der Waals surface area contributed by atoms with E-state index in [1.807, 2.05) is 51.2 Å². The van der Waals surface area contributed by atoms with Gasteiger partial charge >= 0.3 is 0 Å². The lowest BCUT2D eigenvalue weighted by atomic mass is 9.90. The molecule has 0 saturated heterocycles. The molecule has 1 aromatic carbocycles. The van der Waals surface area contributed by atoms with Crippen LogP contribution in [0, 0.1) is 17.7 Å². The van der Waals surface area contributed by atoms with Crippen molar-refractivity contribution in [1.29, 1.82) is 5.41 Å². The Labute approximate surface area is 97.9 Å². The Balaban J connectivity index is 2.62. The molecule has 0 aliphatic rings. The fraction of sp³-hybridized carbons (Fsp3) is 0.357. The summed E-state index contributed by atoms with van der Waals surface area (Å²) >= 11 is 0. The van der Waals surface area contributed by atoms with E-state index in [0.717, 1.165) is 5.69 Å². The van der Waals surface area contributed by atoms with E-state index in [1.165, 1.54) is 5.56 Å². The molecule has 0 bridgehead atoms. The van der Waals surface area contributed by atoms with Crippen molar-refractivity contribution >= 4 is 11.4 Å². The number of aryl methyl sites for hydroxylation is 1. The number of nitrogens with one attached hydrogen (secondary N) is 2. The van der Waals surface area contributed by atoms with Crippen molar-refractivity contribution in [3.8, 4) is 0 Å². The van der Waals surface area contributed by atoms with Crippen molar-refractivity contribution in [2.75, 3.05) is 5.32 Å². The van der Waals surface area contributed by atoms with Gasteiger partial charge in [0.1, 0.15) is 0 Å². The maximum atomic E-state index is 7.83. The molecular weight excluding hydrogens is 196 g/mol. The van der Waals surface area contributed by atoms with Crippen molar-refractivity contribution in [3.05, 3.63) is 42.1 Å². The van der Waals surface area contributed by atoms with Gasteiger partial charge in [-0.1, -0.05) is 39.0 Å². The number of anilines is 1. The Morgan fingerprint density at radius 2 is 1.88 bits per heavy atom. The van der Waals surface area contributed by atoms with Crippen LogP contribution in [0.3, 0.4) is 0 Å². The zero-order valence-corrected chi connectivity index (χ0v) is 10.5. The highest BCUT2D eigenvalue weighted by molar-refractivity contribution is 5.96. The molecule has 0 unspecified atom stereocenters. The molecular formula is C14H20N2. The van der Waals surface area contributed by atoms with Crippen molar-refractivity contribution < 1.29 is 0 Å². The normalized spacial score (nSPS) is 11.8. The van der Waals surface area contributed by atoms with E-state index in [1.54, 1.807) is 0 Å². The van der Waals surface area contributed by atoms with E-state index in [9.17, 15) is 0 Å². The van der Waals surface area contributed by atoms with Gasteiger partial charge in [-0.2, -0.15) is 0 Å². The van der Waals surface area contributed by atoms with Crippen LogP contribution in [0.2, 0.25) is 0 Å². The van der Waals surface area contributed by atoms with E-state index in [4.69, 9.17) is 5.41 Å². The molecule has 2 heteroatoms. The Bertz CT molecular complexity index is 397. The highest BCUT2D eigenvalue weighted by atomic mass is 14.8. The van der Waals surface area contributed by atoms with Crippen LogP contribution in [-0.2, 0) is 0 Å². The van der Waals surface area contributed by atoms with Gasteiger partial charge < -0.3 is 10.7 Å². The smallest absolute Gasteiger partial charge is 0.0409 e. The highest BCUT2D eigenvalue weighted by Crippen LogP contribution is 2.16. The zero-order valence-electron chi connectivity index (χ0n) is 10.5. The van der Waals surface area contributed by atoms with E-state index >= 15 is 0 Å². The van der Waals surface area contributed by atoms with Crippen LogP contribution in [0.1, 0.15) is 26.3 Å². The van der Waals surface area contributed by atoms with Crippen molar-refractivity contribution in [2.45, 2.75) is 27.7 Å². The molecule has 0 radical (unpaired) electrons. The lowest BCUT2D eigenvalue weighted by molar-refractivity contribution is 0.590. The maximum absolute atomic E-state index is 7.83. The molecule has 0 aromatic heterocycles. The molecule has 0 atom stereocenters. The van der Waals surface area contributed by atoms with E-state index in [0.29, 0.717) is 5.71 Å². The summed E-state index contributed by atoms with van der Waals surface area (Å²) in [4.78, 5) is 0. The highest BCUT2D eigenvalue weighted by Gasteiger charge is 2.13. The molecule has 1 aromatic rings. The van der Waals surface area contributed by atoms with Crippen LogP contribution in [0.5, 0.6) is 0 Å². The van der Waals surface area contributed by atoms with Gasteiger partial charge in [-0.15, -0.1) is 0 Å². The second-order valence-corrected chi connectivity index (χ2v) is 4.96. The fourth-order valence-corrected chi connectivity index (χ4v) is 1.20. The molecule has 1 rings (SSSR count). The zero-order chi connectivity index (χ0) is 12.2. The lowest BCUT2D eigenvalue weighted by Crippen LogP contribution is -2.16. The molecule has 16 heavy (non-hydrogen) atoms. The van der Waals surface area contributed by atoms with Crippen molar-refractivity contribution in [1.82, 2.24) is 0 Å².